The number of ether oxygens (including phenoxy) is 2. The highest BCUT2D eigenvalue weighted by molar-refractivity contribution is 7.09. The summed E-state index contributed by atoms with van der Waals surface area (Å²) >= 11 is 1.43. The number of rotatable bonds is 4. The van der Waals surface area contributed by atoms with Crippen LogP contribution in [0.15, 0.2) is 39.1 Å². The second-order valence-electron chi connectivity index (χ2n) is 6.70. The quantitative estimate of drug-likeness (QED) is 0.471. The molecule has 0 amide bonds. The smallest absolute Gasteiger partial charge is 0.229 e. The summed E-state index contributed by atoms with van der Waals surface area (Å²) in [5.41, 5.74) is 0.915. The molecule has 1 aromatic carbocycles. The van der Waals surface area contributed by atoms with Crippen LogP contribution >= 0.6 is 11.3 Å². The maximum absolute atomic E-state index is 12.8. The van der Waals surface area contributed by atoms with Crippen LogP contribution in [0.3, 0.4) is 0 Å². The molecule has 0 unspecified atom stereocenters. The van der Waals surface area contributed by atoms with E-state index in [4.69, 9.17) is 13.9 Å². The molecule has 5 atom stereocenters. The van der Waals surface area contributed by atoms with Gasteiger partial charge in [0.2, 0.25) is 11.7 Å². The van der Waals surface area contributed by atoms with E-state index in [9.17, 15) is 25.2 Å². The molecule has 1 aliphatic heterocycles. The Morgan fingerprint density at radius 3 is 2.69 bits per heavy atom. The largest absolute Gasteiger partial charge is 0.463 e. The van der Waals surface area contributed by atoms with Gasteiger partial charge in [0.1, 0.15) is 42.0 Å². The van der Waals surface area contributed by atoms with E-state index in [-0.39, 0.29) is 16.8 Å². The number of nitrogens with zero attached hydrogens (tertiary/aromatic N) is 1. The topological polar surface area (TPSA) is 142 Å². The monoisotopic (exact) mass is 421 g/mol. The van der Waals surface area contributed by atoms with Gasteiger partial charge in [-0.15, -0.1) is 11.3 Å². The van der Waals surface area contributed by atoms with Crippen molar-refractivity contribution in [2.24, 2.45) is 0 Å². The van der Waals surface area contributed by atoms with Gasteiger partial charge < -0.3 is 34.3 Å². The molecule has 1 saturated heterocycles. The van der Waals surface area contributed by atoms with Crippen LogP contribution in [0.25, 0.3) is 22.2 Å². The van der Waals surface area contributed by atoms with Crippen molar-refractivity contribution in [3.8, 4) is 17.0 Å². The predicted octanol–water partition coefficient (Wildman–Crippen LogP) is 0.404. The van der Waals surface area contributed by atoms with Crippen molar-refractivity contribution in [2.45, 2.75) is 37.6 Å². The summed E-state index contributed by atoms with van der Waals surface area (Å²) in [6, 6.07) is 4.47. The van der Waals surface area contributed by atoms with E-state index in [1.54, 1.807) is 5.38 Å². The summed E-state index contributed by atoms with van der Waals surface area (Å²) < 4.78 is 16.5. The van der Waals surface area contributed by atoms with Crippen LogP contribution in [0, 0.1) is 6.92 Å². The van der Waals surface area contributed by atoms with Gasteiger partial charge in [-0.3, -0.25) is 4.79 Å². The van der Waals surface area contributed by atoms with Crippen LogP contribution in [0.4, 0.5) is 0 Å². The molecular formula is C19H19NO8S. The van der Waals surface area contributed by atoms with Gasteiger partial charge in [0.15, 0.2) is 0 Å². The minimum Gasteiger partial charge on any atom is -0.463 e. The molecule has 9 nitrogen and oxygen atoms in total. The highest BCUT2D eigenvalue weighted by atomic mass is 32.1. The van der Waals surface area contributed by atoms with Crippen LogP contribution in [0.2, 0.25) is 0 Å². The number of hydrogen-bond donors (Lipinski definition) is 4. The van der Waals surface area contributed by atoms with Gasteiger partial charge in [-0.1, -0.05) is 0 Å². The first kappa shape index (κ1) is 20.0. The molecule has 4 N–H and O–H groups in total. The third-order valence-electron chi connectivity index (χ3n) is 4.74. The van der Waals surface area contributed by atoms with Gasteiger partial charge >= 0.3 is 0 Å². The molecule has 29 heavy (non-hydrogen) atoms. The molecular weight excluding hydrogens is 402 g/mol. The lowest BCUT2D eigenvalue weighted by Gasteiger charge is -2.39. The standard InChI is InChI=1S/C19H19NO8S/c1-8-20-12(7-29-8)11-6-26-13-4-9(2-3-10(13)15(11)22)27-19-18(25)17(24)16(23)14(5-21)28-19/h2-4,6-7,14,16-19,21,23-25H,5H2,1H3/t14-,16+,17+,18-,19-/m1/s1. The molecule has 4 rings (SSSR count). The van der Waals surface area contributed by atoms with Crippen molar-refractivity contribution < 1.29 is 34.3 Å². The predicted molar refractivity (Wildman–Crippen MR) is 103 cm³/mol. The van der Waals surface area contributed by atoms with Gasteiger partial charge in [0.05, 0.1) is 28.3 Å². The third-order valence-corrected chi connectivity index (χ3v) is 5.52. The minimum atomic E-state index is -1.55. The average Bonchev–Trinajstić information content (AvgIpc) is 3.14. The van der Waals surface area contributed by atoms with Crippen LogP contribution < -0.4 is 10.2 Å². The van der Waals surface area contributed by atoms with Crippen molar-refractivity contribution in [1.29, 1.82) is 0 Å². The fraction of sp³-hybridized carbons (Fsp3) is 0.368. The van der Waals surface area contributed by atoms with E-state index < -0.39 is 37.3 Å². The SMILES string of the molecule is Cc1nc(-c2coc3cc(O[C@@H]4O[C@H](CO)[C@H](O)[C@H](O)[C@H]4O)ccc3c2=O)cs1. The number of aliphatic hydroxyl groups excluding tert-OH is 4. The minimum absolute atomic E-state index is 0.210. The molecule has 0 radical (unpaired) electrons. The molecule has 0 bridgehead atoms. The Balaban J connectivity index is 1.62. The maximum atomic E-state index is 12.8. The van der Waals surface area contributed by atoms with E-state index in [1.165, 1.54) is 35.8 Å². The fourth-order valence-corrected chi connectivity index (χ4v) is 3.76. The molecule has 1 fully saturated rings. The first-order valence-electron chi connectivity index (χ1n) is 8.84. The number of aliphatic hydroxyl groups is 4. The zero-order valence-corrected chi connectivity index (χ0v) is 16.1. The van der Waals surface area contributed by atoms with E-state index in [0.29, 0.717) is 16.6 Å². The number of benzene rings is 1. The molecule has 0 spiro atoms. The molecule has 3 aromatic rings. The van der Waals surface area contributed by atoms with Crippen molar-refractivity contribution in [2.75, 3.05) is 6.61 Å². The third kappa shape index (κ3) is 3.66. The van der Waals surface area contributed by atoms with Crippen molar-refractivity contribution in [1.82, 2.24) is 4.98 Å². The maximum Gasteiger partial charge on any atom is 0.229 e. The Labute approximate surface area is 168 Å². The zero-order chi connectivity index (χ0) is 20.7. The van der Waals surface area contributed by atoms with E-state index in [2.05, 4.69) is 4.98 Å². The second-order valence-corrected chi connectivity index (χ2v) is 7.77. The van der Waals surface area contributed by atoms with Crippen molar-refractivity contribution in [3.63, 3.8) is 0 Å². The van der Waals surface area contributed by atoms with Crippen molar-refractivity contribution >= 4 is 22.3 Å². The molecule has 1 aliphatic rings. The summed E-state index contributed by atoms with van der Waals surface area (Å²) in [5.74, 6) is 0.210. The highest BCUT2D eigenvalue weighted by Gasteiger charge is 2.44. The van der Waals surface area contributed by atoms with Gasteiger partial charge in [-0.2, -0.15) is 0 Å². The van der Waals surface area contributed by atoms with Gasteiger partial charge in [0, 0.05) is 11.4 Å². The zero-order valence-electron chi connectivity index (χ0n) is 15.3. The lowest BCUT2D eigenvalue weighted by atomic mass is 9.99. The number of hydrogen-bond acceptors (Lipinski definition) is 10. The second kappa shape index (κ2) is 7.82. The lowest BCUT2D eigenvalue weighted by Crippen LogP contribution is -2.60. The summed E-state index contributed by atoms with van der Waals surface area (Å²) in [4.78, 5) is 17.1. The van der Waals surface area contributed by atoms with Gasteiger partial charge in [0.25, 0.3) is 0 Å². The van der Waals surface area contributed by atoms with Gasteiger partial charge in [-0.25, -0.2) is 4.98 Å². The van der Waals surface area contributed by atoms with Crippen LogP contribution in [-0.4, -0.2) is 62.7 Å². The Hall–Kier alpha value is -2.34. The number of aromatic nitrogens is 1. The first-order valence-corrected chi connectivity index (χ1v) is 9.72. The van der Waals surface area contributed by atoms with Gasteiger partial charge in [-0.05, 0) is 19.1 Å². The molecule has 2 aromatic heterocycles. The molecule has 0 aliphatic carbocycles. The molecule has 0 saturated carbocycles. The number of thiazole rings is 1. The van der Waals surface area contributed by atoms with Crippen LogP contribution in [0.1, 0.15) is 5.01 Å². The van der Waals surface area contributed by atoms with E-state index in [0.717, 1.165) is 5.01 Å². The average molecular weight is 421 g/mol. The summed E-state index contributed by atoms with van der Waals surface area (Å²) in [6.07, 6.45) is -5.64. The summed E-state index contributed by atoms with van der Waals surface area (Å²) in [7, 11) is 0. The fourth-order valence-electron chi connectivity index (χ4n) is 3.14. The lowest BCUT2D eigenvalue weighted by molar-refractivity contribution is -0.277. The first-order chi connectivity index (χ1) is 13.9. The highest BCUT2D eigenvalue weighted by Crippen LogP contribution is 2.27. The molecule has 154 valence electrons. The Morgan fingerprint density at radius 2 is 2.00 bits per heavy atom. The molecule has 3 heterocycles. The number of fused-ring (bicyclic) bond motifs is 1. The van der Waals surface area contributed by atoms with Crippen LogP contribution in [-0.2, 0) is 4.74 Å². The van der Waals surface area contributed by atoms with E-state index >= 15 is 0 Å². The summed E-state index contributed by atoms with van der Waals surface area (Å²) in [5, 5.41) is 42.0. The summed E-state index contributed by atoms with van der Waals surface area (Å²) in [6.45, 7) is 1.29. The van der Waals surface area contributed by atoms with E-state index in [1.807, 2.05) is 6.92 Å². The van der Waals surface area contributed by atoms with Crippen LogP contribution in [0.5, 0.6) is 5.75 Å². The number of aryl methyl sites for hydroxylation is 1. The Morgan fingerprint density at radius 1 is 1.21 bits per heavy atom. The van der Waals surface area contributed by atoms with Crippen molar-refractivity contribution in [3.05, 3.63) is 45.1 Å². The Bertz CT molecular complexity index is 1080. The Kier molecular flexibility index (Phi) is 5.38. The molecule has 10 heteroatoms. The normalized spacial score (nSPS) is 27.3.